The van der Waals surface area contributed by atoms with Crippen LogP contribution in [0.25, 0.3) is 0 Å². The molecule has 1 saturated heterocycles. The summed E-state index contributed by atoms with van der Waals surface area (Å²) >= 11 is 1.40. The quantitative estimate of drug-likeness (QED) is 0.522. The number of rotatable bonds is 4. The van der Waals surface area contributed by atoms with E-state index in [1.54, 1.807) is 23.8 Å². The SMILES string of the molecule is C[C@@]1(c2ccsc2)NC(=O)N(Cc2ccc([N+](=O)[O-])c(F)c2)C1=O. The third-order valence-electron chi connectivity index (χ3n) is 3.92. The lowest BCUT2D eigenvalue weighted by Gasteiger charge is -2.20. The summed E-state index contributed by atoms with van der Waals surface area (Å²) in [7, 11) is 0. The molecule has 1 aliphatic heterocycles. The van der Waals surface area contributed by atoms with Crippen LogP contribution >= 0.6 is 11.3 Å². The fourth-order valence-corrected chi connectivity index (χ4v) is 3.33. The molecule has 3 amide bonds. The van der Waals surface area contributed by atoms with Crippen molar-refractivity contribution in [2.75, 3.05) is 0 Å². The molecule has 0 radical (unpaired) electrons. The minimum atomic E-state index is -1.17. The van der Waals surface area contributed by atoms with Crippen LogP contribution in [-0.4, -0.2) is 21.8 Å². The molecule has 9 heteroatoms. The maximum atomic E-state index is 13.7. The van der Waals surface area contributed by atoms with Crippen LogP contribution in [0.5, 0.6) is 0 Å². The summed E-state index contributed by atoms with van der Waals surface area (Å²) in [6.07, 6.45) is 0. The molecule has 0 spiro atoms. The normalized spacial score (nSPS) is 20.3. The summed E-state index contributed by atoms with van der Waals surface area (Å²) in [4.78, 5) is 35.6. The van der Waals surface area contributed by atoms with Gasteiger partial charge in [-0.2, -0.15) is 15.7 Å². The van der Waals surface area contributed by atoms with Crippen LogP contribution in [0.4, 0.5) is 14.9 Å². The summed E-state index contributed by atoms with van der Waals surface area (Å²) in [6, 6.07) is 4.45. The predicted octanol–water partition coefficient (Wildman–Crippen LogP) is 2.76. The molecule has 2 aromatic rings. The molecule has 0 saturated carbocycles. The van der Waals surface area contributed by atoms with Crippen molar-refractivity contribution in [1.29, 1.82) is 0 Å². The first-order chi connectivity index (χ1) is 11.3. The number of halogens is 1. The Kier molecular flexibility index (Phi) is 3.80. The third-order valence-corrected chi connectivity index (χ3v) is 4.61. The van der Waals surface area contributed by atoms with Gasteiger partial charge in [0.2, 0.25) is 5.82 Å². The van der Waals surface area contributed by atoms with Crippen LogP contribution in [0.3, 0.4) is 0 Å². The van der Waals surface area contributed by atoms with Gasteiger partial charge in [0.05, 0.1) is 11.5 Å². The van der Waals surface area contributed by atoms with Gasteiger partial charge in [0.1, 0.15) is 5.54 Å². The first-order valence-electron chi connectivity index (χ1n) is 6.92. The van der Waals surface area contributed by atoms with Gasteiger partial charge in [0, 0.05) is 6.07 Å². The van der Waals surface area contributed by atoms with Crippen LogP contribution < -0.4 is 5.32 Å². The van der Waals surface area contributed by atoms with E-state index in [9.17, 15) is 24.1 Å². The van der Waals surface area contributed by atoms with Crippen LogP contribution in [0.15, 0.2) is 35.0 Å². The van der Waals surface area contributed by atoms with Gasteiger partial charge in [-0.3, -0.25) is 19.8 Å². The number of amides is 3. The lowest BCUT2D eigenvalue weighted by molar-refractivity contribution is -0.387. The standard InChI is InChI=1S/C15H12FN3O4S/c1-15(10-4-5-24-8-10)13(20)18(14(21)17-15)7-9-2-3-12(19(22)23)11(16)6-9/h2-6,8H,7H2,1H3,(H,17,21)/t15-/m0/s1. The predicted molar refractivity (Wildman–Crippen MR) is 83.8 cm³/mol. The largest absolute Gasteiger partial charge is 0.325 e. The van der Waals surface area contributed by atoms with Crippen LogP contribution in [0, 0.1) is 15.9 Å². The van der Waals surface area contributed by atoms with Crippen molar-refractivity contribution in [3.05, 3.63) is 62.1 Å². The van der Waals surface area contributed by atoms with Crippen molar-refractivity contribution in [2.45, 2.75) is 19.0 Å². The molecule has 1 aliphatic rings. The molecule has 24 heavy (non-hydrogen) atoms. The monoisotopic (exact) mass is 349 g/mol. The van der Waals surface area contributed by atoms with Crippen LogP contribution in [0.2, 0.25) is 0 Å². The second kappa shape index (κ2) is 5.68. The zero-order valence-corrected chi connectivity index (χ0v) is 13.3. The Balaban J connectivity index is 1.86. The number of nitrogens with one attached hydrogen (secondary N) is 1. The maximum absolute atomic E-state index is 13.7. The van der Waals surface area contributed by atoms with E-state index in [1.165, 1.54) is 17.4 Å². The average Bonchev–Trinajstić information content (AvgIpc) is 3.12. The molecule has 3 rings (SSSR count). The molecular weight excluding hydrogens is 337 g/mol. The van der Waals surface area contributed by atoms with Crippen molar-refractivity contribution in [3.8, 4) is 0 Å². The minimum Gasteiger partial charge on any atom is -0.319 e. The van der Waals surface area contributed by atoms with Crippen LogP contribution in [0.1, 0.15) is 18.1 Å². The Bertz CT molecular complexity index is 839. The number of hydrogen-bond acceptors (Lipinski definition) is 5. The number of nitrogens with zero attached hydrogens (tertiary/aromatic N) is 2. The number of nitro benzene ring substituents is 1. The zero-order valence-electron chi connectivity index (χ0n) is 12.5. The van der Waals surface area contributed by atoms with E-state index >= 15 is 0 Å². The Morgan fingerprint density at radius 2 is 2.12 bits per heavy atom. The molecule has 124 valence electrons. The van der Waals surface area contributed by atoms with Gasteiger partial charge in [0.15, 0.2) is 0 Å². The third kappa shape index (κ3) is 2.52. The Labute approximate surface area is 139 Å². The van der Waals surface area contributed by atoms with Crippen molar-refractivity contribution >= 4 is 29.0 Å². The van der Waals surface area contributed by atoms with E-state index in [-0.39, 0.29) is 12.1 Å². The van der Waals surface area contributed by atoms with Gasteiger partial charge in [-0.1, -0.05) is 6.07 Å². The average molecular weight is 349 g/mol. The number of nitro groups is 1. The van der Waals surface area contributed by atoms with Gasteiger partial charge in [-0.15, -0.1) is 0 Å². The molecular formula is C15H12FN3O4S. The number of hydrogen-bond donors (Lipinski definition) is 1. The summed E-state index contributed by atoms with van der Waals surface area (Å²) in [5, 5.41) is 16.8. The number of imide groups is 1. The molecule has 0 bridgehead atoms. The Morgan fingerprint density at radius 3 is 2.71 bits per heavy atom. The van der Waals surface area contributed by atoms with Gasteiger partial charge in [-0.25, -0.2) is 4.79 Å². The molecule has 7 nitrogen and oxygen atoms in total. The highest BCUT2D eigenvalue weighted by Crippen LogP contribution is 2.31. The molecule has 1 fully saturated rings. The fourth-order valence-electron chi connectivity index (χ4n) is 2.56. The Morgan fingerprint density at radius 1 is 1.38 bits per heavy atom. The second-order valence-electron chi connectivity index (χ2n) is 5.50. The first-order valence-corrected chi connectivity index (χ1v) is 7.87. The Hall–Kier alpha value is -2.81. The fraction of sp³-hybridized carbons (Fsp3) is 0.200. The zero-order chi connectivity index (χ0) is 17.5. The lowest BCUT2D eigenvalue weighted by Crippen LogP contribution is -2.40. The number of carbonyl (C=O) groups excluding carboxylic acids is 2. The summed E-state index contributed by atoms with van der Waals surface area (Å²) < 4.78 is 13.7. The minimum absolute atomic E-state index is 0.167. The molecule has 1 atom stereocenters. The molecule has 1 aromatic heterocycles. The van der Waals surface area contributed by atoms with Gasteiger partial charge < -0.3 is 5.32 Å². The van der Waals surface area contributed by atoms with Crippen molar-refractivity contribution in [1.82, 2.24) is 10.2 Å². The lowest BCUT2D eigenvalue weighted by atomic mass is 9.95. The first kappa shape index (κ1) is 16.1. The van der Waals surface area contributed by atoms with E-state index in [0.717, 1.165) is 17.0 Å². The van der Waals surface area contributed by atoms with E-state index in [4.69, 9.17) is 0 Å². The summed E-state index contributed by atoms with van der Waals surface area (Å²) in [5.41, 5.74) is -0.866. The summed E-state index contributed by atoms with van der Waals surface area (Å²) in [6.45, 7) is 1.44. The van der Waals surface area contributed by atoms with Gasteiger partial charge in [-0.05, 0) is 40.9 Å². The smallest absolute Gasteiger partial charge is 0.319 e. The van der Waals surface area contributed by atoms with Crippen LogP contribution in [-0.2, 0) is 16.9 Å². The molecule has 1 N–H and O–H groups in total. The molecule has 1 aromatic carbocycles. The molecule has 2 heterocycles. The van der Waals surface area contributed by atoms with Crippen molar-refractivity contribution in [3.63, 3.8) is 0 Å². The maximum Gasteiger partial charge on any atom is 0.325 e. The highest BCUT2D eigenvalue weighted by atomic mass is 32.1. The number of benzene rings is 1. The number of urea groups is 1. The molecule has 0 aliphatic carbocycles. The van der Waals surface area contributed by atoms with E-state index in [1.807, 2.05) is 0 Å². The van der Waals surface area contributed by atoms with E-state index < -0.39 is 33.9 Å². The second-order valence-corrected chi connectivity index (χ2v) is 6.28. The number of thiophene rings is 1. The van der Waals surface area contributed by atoms with Gasteiger partial charge >= 0.3 is 11.7 Å². The highest BCUT2D eigenvalue weighted by Gasteiger charge is 2.49. The van der Waals surface area contributed by atoms with E-state index in [0.29, 0.717) is 5.56 Å². The highest BCUT2D eigenvalue weighted by molar-refractivity contribution is 7.08. The van der Waals surface area contributed by atoms with Gasteiger partial charge in [0.25, 0.3) is 5.91 Å². The van der Waals surface area contributed by atoms with Crippen molar-refractivity contribution in [2.24, 2.45) is 0 Å². The topological polar surface area (TPSA) is 92.6 Å². The van der Waals surface area contributed by atoms with E-state index in [2.05, 4.69) is 5.32 Å². The summed E-state index contributed by atoms with van der Waals surface area (Å²) in [5.74, 6) is -1.46. The number of carbonyl (C=O) groups is 2. The van der Waals surface area contributed by atoms with Crippen molar-refractivity contribution < 1.29 is 18.9 Å². The molecule has 0 unspecified atom stereocenters.